The summed E-state index contributed by atoms with van der Waals surface area (Å²) in [5.74, 6) is -0.776. The minimum absolute atomic E-state index is 0.0778. The molecule has 3 rings (SSSR count). The van der Waals surface area contributed by atoms with Crippen LogP contribution in [0.25, 0.3) is 11.1 Å². The average Bonchev–Trinajstić information content (AvgIpc) is 3.27. The molecular formula is C32H45N3O4. The fourth-order valence-corrected chi connectivity index (χ4v) is 5.26. The SMILES string of the molecule is CCCCCCCCCCCCNC(=O)CC(NC(=O)OCC1c2ccccc2-c2ccccc21)C(=O)NC. The molecule has 2 aromatic rings. The predicted octanol–water partition coefficient (Wildman–Crippen LogP) is 6.07. The van der Waals surface area contributed by atoms with Gasteiger partial charge in [0.15, 0.2) is 0 Å². The quantitative estimate of drug-likeness (QED) is 0.214. The zero-order valence-electron chi connectivity index (χ0n) is 23.6. The van der Waals surface area contributed by atoms with Crippen LogP contribution < -0.4 is 16.0 Å². The fourth-order valence-electron chi connectivity index (χ4n) is 5.26. The van der Waals surface area contributed by atoms with E-state index in [1.807, 2.05) is 36.4 Å². The first-order chi connectivity index (χ1) is 19.0. The Morgan fingerprint density at radius 2 is 1.33 bits per heavy atom. The Hall–Kier alpha value is -3.35. The molecule has 0 saturated heterocycles. The summed E-state index contributed by atoms with van der Waals surface area (Å²) in [6.07, 6.45) is 11.4. The van der Waals surface area contributed by atoms with Gasteiger partial charge in [0.05, 0.1) is 6.42 Å². The van der Waals surface area contributed by atoms with Gasteiger partial charge in [0, 0.05) is 19.5 Å². The number of fused-ring (bicyclic) bond motifs is 3. The van der Waals surface area contributed by atoms with E-state index in [9.17, 15) is 14.4 Å². The molecule has 0 aromatic heterocycles. The van der Waals surface area contributed by atoms with Gasteiger partial charge in [-0.15, -0.1) is 0 Å². The number of carbonyl (C=O) groups excluding carboxylic acids is 3. The van der Waals surface area contributed by atoms with Crippen LogP contribution >= 0.6 is 0 Å². The molecule has 0 heterocycles. The molecule has 2 aromatic carbocycles. The lowest BCUT2D eigenvalue weighted by atomic mass is 9.98. The maximum atomic E-state index is 12.7. The maximum Gasteiger partial charge on any atom is 0.407 e. The fraction of sp³-hybridized carbons (Fsp3) is 0.531. The Labute approximate surface area is 233 Å². The van der Waals surface area contributed by atoms with Crippen molar-refractivity contribution < 1.29 is 19.1 Å². The third-order valence-electron chi connectivity index (χ3n) is 7.44. The summed E-state index contributed by atoms with van der Waals surface area (Å²) >= 11 is 0. The molecule has 0 spiro atoms. The normalized spacial score (nSPS) is 12.8. The summed E-state index contributed by atoms with van der Waals surface area (Å²) in [7, 11) is 1.48. The Kier molecular flexibility index (Phi) is 12.8. The molecule has 0 radical (unpaired) electrons. The highest BCUT2D eigenvalue weighted by atomic mass is 16.5. The number of hydrogen-bond donors (Lipinski definition) is 3. The van der Waals surface area contributed by atoms with E-state index in [1.54, 1.807) is 0 Å². The maximum absolute atomic E-state index is 12.7. The van der Waals surface area contributed by atoms with Crippen LogP contribution in [-0.2, 0) is 14.3 Å². The number of benzene rings is 2. The van der Waals surface area contributed by atoms with Gasteiger partial charge in [-0.3, -0.25) is 9.59 Å². The molecule has 39 heavy (non-hydrogen) atoms. The summed E-state index contributed by atoms with van der Waals surface area (Å²) in [6.45, 7) is 2.95. The van der Waals surface area contributed by atoms with Gasteiger partial charge in [-0.2, -0.15) is 0 Å². The molecule has 0 bridgehead atoms. The molecule has 1 atom stereocenters. The van der Waals surface area contributed by atoms with Gasteiger partial charge in [0.1, 0.15) is 12.6 Å². The Balaban J connectivity index is 1.38. The first-order valence-corrected chi connectivity index (χ1v) is 14.6. The molecule has 0 fully saturated rings. The van der Waals surface area contributed by atoms with Crippen molar-refractivity contribution in [2.75, 3.05) is 20.2 Å². The number of nitrogens with one attached hydrogen (secondary N) is 3. The lowest BCUT2D eigenvalue weighted by Gasteiger charge is -2.19. The number of alkyl carbamates (subject to hydrolysis) is 1. The van der Waals surface area contributed by atoms with Crippen molar-refractivity contribution >= 4 is 17.9 Å². The van der Waals surface area contributed by atoms with Gasteiger partial charge in [-0.1, -0.05) is 113 Å². The van der Waals surface area contributed by atoms with E-state index in [2.05, 4.69) is 35.0 Å². The van der Waals surface area contributed by atoms with Crippen LogP contribution in [0.15, 0.2) is 48.5 Å². The van der Waals surface area contributed by atoms with Crippen molar-refractivity contribution in [3.05, 3.63) is 59.7 Å². The number of likely N-dealkylation sites (N-methyl/N-ethyl adjacent to an activating group) is 1. The summed E-state index contributed by atoms with van der Waals surface area (Å²) in [4.78, 5) is 37.5. The molecule has 3 N–H and O–H groups in total. The Bertz CT molecular complexity index is 1030. The topological polar surface area (TPSA) is 96.5 Å². The number of hydrogen-bond acceptors (Lipinski definition) is 4. The molecule has 1 aliphatic rings. The smallest absolute Gasteiger partial charge is 0.407 e. The van der Waals surface area contributed by atoms with E-state index in [0.717, 1.165) is 35.1 Å². The number of ether oxygens (including phenoxy) is 1. The molecule has 1 aliphatic carbocycles. The van der Waals surface area contributed by atoms with Gasteiger partial charge >= 0.3 is 6.09 Å². The lowest BCUT2D eigenvalue weighted by molar-refractivity contribution is -0.128. The lowest BCUT2D eigenvalue weighted by Crippen LogP contribution is -2.48. The van der Waals surface area contributed by atoms with Crippen molar-refractivity contribution in [1.29, 1.82) is 0 Å². The molecule has 1 unspecified atom stereocenters. The number of carbonyl (C=O) groups is 3. The summed E-state index contributed by atoms with van der Waals surface area (Å²) in [6, 6.07) is 15.2. The van der Waals surface area contributed by atoms with Crippen LogP contribution in [0.1, 0.15) is 94.6 Å². The van der Waals surface area contributed by atoms with Crippen LogP contribution in [0.3, 0.4) is 0 Å². The second-order valence-electron chi connectivity index (χ2n) is 10.4. The zero-order chi connectivity index (χ0) is 27.9. The van der Waals surface area contributed by atoms with E-state index < -0.39 is 18.0 Å². The van der Waals surface area contributed by atoms with Crippen molar-refractivity contribution in [2.45, 2.75) is 89.5 Å². The monoisotopic (exact) mass is 535 g/mol. The average molecular weight is 536 g/mol. The van der Waals surface area contributed by atoms with E-state index in [-0.39, 0.29) is 24.9 Å². The van der Waals surface area contributed by atoms with Crippen molar-refractivity contribution in [2.24, 2.45) is 0 Å². The standard InChI is InChI=1S/C32H45N3O4/c1-3-4-5-6-7-8-9-10-11-16-21-34-30(36)22-29(31(37)33-2)35-32(38)39-23-28-26-19-14-12-17-24(26)25-18-13-15-20-27(25)28/h12-15,17-20,28-29H,3-11,16,21-23H2,1-2H3,(H,33,37)(H,34,36)(H,35,38). The van der Waals surface area contributed by atoms with Crippen LogP contribution in [0.2, 0.25) is 0 Å². The van der Waals surface area contributed by atoms with E-state index in [4.69, 9.17) is 4.74 Å². The van der Waals surface area contributed by atoms with E-state index >= 15 is 0 Å². The Morgan fingerprint density at radius 3 is 1.90 bits per heavy atom. The molecule has 212 valence electrons. The summed E-state index contributed by atoms with van der Waals surface area (Å²) in [5, 5.41) is 7.98. The van der Waals surface area contributed by atoms with E-state index in [0.29, 0.717) is 6.54 Å². The van der Waals surface area contributed by atoms with Gasteiger partial charge in [-0.25, -0.2) is 4.79 Å². The predicted molar refractivity (Wildman–Crippen MR) is 156 cm³/mol. The summed E-state index contributed by atoms with van der Waals surface area (Å²) < 4.78 is 5.56. The van der Waals surface area contributed by atoms with Gasteiger partial charge in [-0.05, 0) is 28.7 Å². The highest BCUT2D eigenvalue weighted by Gasteiger charge is 2.30. The second kappa shape index (κ2) is 16.6. The minimum atomic E-state index is -1.00. The number of rotatable bonds is 17. The third kappa shape index (κ3) is 9.41. The highest BCUT2D eigenvalue weighted by Crippen LogP contribution is 2.44. The molecule has 0 aliphatic heterocycles. The molecule has 7 nitrogen and oxygen atoms in total. The van der Waals surface area contributed by atoms with Gasteiger partial charge in [0.25, 0.3) is 0 Å². The van der Waals surface area contributed by atoms with Crippen molar-refractivity contribution in [1.82, 2.24) is 16.0 Å². The zero-order valence-corrected chi connectivity index (χ0v) is 23.6. The third-order valence-corrected chi connectivity index (χ3v) is 7.44. The largest absolute Gasteiger partial charge is 0.449 e. The molecular weight excluding hydrogens is 490 g/mol. The number of amides is 3. The Morgan fingerprint density at radius 1 is 0.795 bits per heavy atom. The first kappa shape index (κ1) is 30.2. The van der Waals surface area contributed by atoms with E-state index in [1.165, 1.54) is 58.4 Å². The van der Waals surface area contributed by atoms with Gasteiger partial charge in [0.2, 0.25) is 11.8 Å². The van der Waals surface area contributed by atoms with Crippen LogP contribution in [0.5, 0.6) is 0 Å². The number of unbranched alkanes of at least 4 members (excludes halogenated alkanes) is 9. The van der Waals surface area contributed by atoms with Gasteiger partial charge < -0.3 is 20.7 Å². The summed E-state index contributed by atoms with van der Waals surface area (Å²) in [5.41, 5.74) is 4.51. The van der Waals surface area contributed by atoms with Crippen molar-refractivity contribution in [3.8, 4) is 11.1 Å². The first-order valence-electron chi connectivity index (χ1n) is 14.6. The highest BCUT2D eigenvalue weighted by molar-refractivity contribution is 5.90. The molecule has 3 amide bonds. The van der Waals surface area contributed by atoms with Crippen molar-refractivity contribution in [3.63, 3.8) is 0 Å². The minimum Gasteiger partial charge on any atom is -0.449 e. The molecule has 7 heteroatoms. The van der Waals surface area contributed by atoms with Crippen LogP contribution in [0.4, 0.5) is 4.79 Å². The molecule has 0 saturated carbocycles. The second-order valence-corrected chi connectivity index (χ2v) is 10.4. The van der Waals surface area contributed by atoms with Crippen LogP contribution in [0, 0.1) is 0 Å². The van der Waals surface area contributed by atoms with Crippen LogP contribution in [-0.4, -0.2) is 44.1 Å².